The molecule has 30 heavy (non-hydrogen) atoms. The monoisotopic (exact) mass is 483 g/mol. The van der Waals surface area contributed by atoms with Gasteiger partial charge in [0.25, 0.3) is 0 Å². The van der Waals surface area contributed by atoms with Gasteiger partial charge in [-0.15, -0.1) is 0 Å². The number of carbonyl (C=O) groups excluding carboxylic acids is 1. The van der Waals surface area contributed by atoms with Crippen LogP contribution in [0.3, 0.4) is 0 Å². The van der Waals surface area contributed by atoms with Crippen LogP contribution in [0.4, 0.5) is 16.3 Å². The van der Waals surface area contributed by atoms with Crippen molar-refractivity contribution in [3.8, 4) is 0 Å². The number of nitrogens with zero attached hydrogens (tertiary/aromatic N) is 4. The van der Waals surface area contributed by atoms with Gasteiger partial charge in [0.2, 0.25) is 0 Å². The van der Waals surface area contributed by atoms with Gasteiger partial charge >= 0.3 is 6.03 Å². The van der Waals surface area contributed by atoms with E-state index in [1.807, 2.05) is 59.6 Å². The third-order valence-electron chi connectivity index (χ3n) is 5.38. The van der Waals surface area contributed by atoms with E-state index in [0.29, 0.717) is 31.2 Å². The first-order chi connectivity index (χ1) is 14.6. The molecule has 0 unspecified atom stereocenters. The fraction of sp³-hybridized carbons (Fsp3) is 0.182. The molecule has 6 nitrogen and oxygen atoms in total. The van der Waals surface area contributed by atoms with Gasteiger partial charge in [0.15, 0.2) is 5.82 Å². The number of rotatable bonds is 2. The highest BCUT2D eigenvalue weighted by molar-refractivity contribution is 9.10. The number of urea groups is 1. The SMILES string of the molecule is O=C(Nc1ccccc1Br)N1CCN(c2nc3cc(Cl)ccc3n3cccc23)CC1. The van der Waals surface area contributed by atoms with E-state index in [0.717, 1.165) is 32.5 Å². The zero-order valence-corrected chi connectivity index (χ0v) is 18.4. The number of hydrogen-bond acceptors (Lipinski definition) is 3. The molecule has 4 aromatic rings. The molecule has 8 heteroatoms. The van der Waals surface area contributed by atoms with E-state index < -0.39 is 0 Å². The molecule has 0 aliphatic carbocycles. The minimum absolute atomic E-state index is 0.0902. The molecule has 1 N–H and O–H groups in total. The molecule has 1 fully saturated rings. The van der Waals surface area contributed by atoms with E-state index in [4.69, 9.17) is 16.6 Å². The molecule has 0 radical (unpaired) electrons. The van der Waals surface area contributed by atoms with Gasteiger partial charge in [-0.3, -0.25) is 0 Å². The number of piperazine rings is 1. The highest BCUT2D eigenvalue weighted by Gasteiger charge is 2.24. The molecule has 0 bridgehead atoms. The first kappa shape index (κ1) is 19.2. The van der Waals surface area contributed by atoms with E-state index in [1.54, 1.807) is 0 Å². The summed E-state index contributed by atoms with van der Waals surface area (Å²) in [5.41, 5.74) is 3.70. The number of benzene rings is 2. The van der Waals surface area contributed by atoms with Crippen LogP contribution < -0.4 is 10.2 Å². The van der Waals surface area contributed by atoms with Crippen molar-refractivity contribution >= 4 is 61.6 Å². The molecule has 0 spiro atoms. The number of anilines is 2. The predicted molar refractivity (Wildman–Crippen MR) is 125 cm³/mol. The van der Waals surface area contributed by atoms with Crippen LogP contribution in [-0.2, 0) is 0 Å². The lowest BCUT2D eigenvalue weighted by Gasteiger charge is -2.35. The van der Waals surface area contributed by atoms with Gasteiger partial charge in [-0.2, -0.15) is 0 Å². The topological polar surface area (TPSA) is 52.9 Å². The van der Waals surface area contributed by atoms with Crippen molar-refractivity contribution in [2.24, 2.45) is 0 Å². The van der Waals surface area contributed by atoms with E-state index in [2.05, 4.69) is 36.6 Å². The average Bonchev–Trinajstić information content (AvgIpc) is 3.25. The third kappa shape index (κ3) is 3.48. The third-order valence-corrected chi connectivity index (χ3v) is 6.31. The Hall–Kier alpha value is -2.77. The summed E-state index contributed by atoms with van der Waals surface area (Å²) in [7, 11) is 0. The van der Waals surface area contributed by atoms with Crippen LogP contribution in [0, 0.1) is 0 Å². The summed E-state index contributed by atoms with van der Waals surface area (Å²) < 4.78 is 3.01. The van der Waals surface area contributed by atoms with Crippen molar-refractivity contribution in [3.63, 3.8) is 0 Å². The molecule has 2 amide bonds. The molecular weight excluding hydrogens is 466 g/mol. The molecule has 2 aromatic carbocycles. The van der Waals surface area contributed by atoms with E-state index in [-0.39, 0.29) is 6.03 Å². The highest BCUT2D eigenvalue weighted by atomic mass is 79.9. The average molecular weight is 485 g/mol. The maximum absolute atomic E-state index is 12.7. The fourth-order valence-corrected chi connectivity index (χ4v) is 4.40. The summed E-state index contributed by atoms with van der Waals surface area (Å²) in [5, 5.41) is 3.65. The van der Waals surface area contributed by atoms with Crippen LogP contribution >= 0.6 is 27.5 Å². The highest BCUT2D eigenvalue weighted by Crippen LogP contribution is 2.28. The quantitative estimate of drug-likeness (QED) is 0.422. The second kappa shape index (κ2) is 7.81. The Balaban J connectivity index is 1.36. The summed E-state index contributed by atoms with van der Waals surface area (Å²) in [6.07, 6.45) is 2.04. The molecule has 152 valence electrons. The Kier molecular flexibility index (Phi) is 5.00. The molecule has 0 atom stereocenters. The van der Waals surface area contributed by atoms with Crippen molar-refractivity contribution in [1.82, 2.24) is 14.3 Å². The van der Waals surface area contributed by atoms with Crippen LogP contribution in [0.15, 0.2) is 65.3 Å². The Labute approximate surface area is 187 Å². The lowest BCUT2D eigenvalue weighted by Crippen LogP contribution is -2.50. The second-order valence-electron chi connectivity index (χ2n) is 7.22. The lowest BCUT2D eigenvalue weighted by atomic mass is 10.2. The van der Waals surface area contributed by atoms with Crippen LogP contribution in [0.2, 0.25) is 5.02 Å². The van der Waals surface area contributed by atoms with Crippen LogP contribution in [-0.4, -0.2) is 46.5 Å². The van der Waals surface area contributed by atoms with E-state index in [1.165, 1.54) is 0 Å². The van der Waals surface area contributed by atoms with Gasteiger partial charge in [-0.25, -0.2) is 9.78 Å². The summed E-state index contributed by atoms with van der Waals surface area (Å²) in [4.78, 5) is 21.7. The minimum atomic E-state index is -0.0902. The number of halogens is 2. The number of hydrogen-bond donors (Lipinski definition) is 1. The van der Waals surface area contributed by atoms with Gasteiger partial charge in [0.05, 0.1) is 22.2 Å². The van der Waals surface area contributed by atoms with E-state index in [9.17, 15) is 4.79 Å². The van der Waals surface area contributed by atoms with Crippen LogP contribution in [0.1, 0.15) is 0 Å². The summed E-state index contributed by atoms with van der Waals surface area (Å²) in [5.74, 6) is 0.917. The van der Waals surface area contributed by atoms with Gasteiger partial charge < -0.3 is 19.5 Å². The number of fused-ring (bicyclic) bond motifs is 3. The van der Waals surface area contributed by atoms with Crippen molar-refractivity contribution in [2.45, 2.75) is 0 Å². The number of carbonyl (C=O) groups is 1. The summed E-state index contributed by atoms with van der Waals surface area (Å²) in [6.45, 7) is 2.67. The van der Waals surface area contributed by atoms with Crippen molar-refractivity contribution in [2.75, 3.05) is 36.4 Å². The van der Waals surface area contributed by atoms with Gasteiger partial charge in [0, 0.05) is 41.9 Å². The summed E-state index contributed by atoms with van der Waals surface area (Å²) in [6, 6.07) is 17.4. The van der Waals surface area contributed by atoms with E-state index >= 15 is 0 Å². The molecule has 0 saturated carbocycles. The Morgan fingerprint density at radius 1 is 1.00 bits per heavy atom. The molecule has 1 aliphatic heterocycles. The molecule has 2 aromatic heterocycles. The van der Waals surface area contributed by atoms with Gasteiger partial charge in [-0.1, -0.05) is 23.7 Å². The zero-order chi connectivity index (χ0) is 20.7. The number of nitrogens with one attached hydrogen (secondary N) is 1. The standard InChI is InChI=1S/C22H19BrClN5O/c23-16-4-1-2-5-17(16)26-22(30)28-12-10-27(11-13-28)21-20-6-3-9-29(20)19-8-7-15(24)14-18(19)25-21/h1-9,14H,10-13H2,(H,26,30). The normalized spacial score (nSPS) is 14.5. The maximum Gasteiger partial charge on any atom is 0.321 e. The first-order valence-corrected chi connectivity index (χ1v) is 10.9. The molecule has 3 heterocycles. The molecule has 5 rings (SSSR count). The minimum Gasteiger partial charge on any atom is -0.351 e. The Morgan fingerprint density at radius 2 is 1.80 bits per heavy atom. The summed E-state index contributed by atoms with van der Waals surface area (Å²) >= 11 is 9.67. The Morgan fingerprint density at radius 3 is 2.60 bits per heavy atom. The number of aromatic nitrogens is 2. The fourth-order valence-electron chi connectivity index (χ4n) is 3.85. The van der Waals surface area contributed by atoms with Crippen molar-refractivity contribution in [3.05, 3.63) is 70.3 Å². The van der Waals surface area contributed by atoms with Crippen LogP contribution in [0.25, 0.3) is 16.6 Å². The molecule has 1 saturated heterocycles. The van der Waals surface area contributed by atoms with Crippen molar-refractivity contribution in [1.29, 1.82) is 0 Å². The largest absolute Gasteiger partial charge is 0.351 e. The van der Waals surface area contributed by atoms with Gasteiger partial charge in [0.1, 0.15) is 0 Å². The van der Waals surface area contributed by atoms with Crippen molar-refractivity contribution < 1.29 is 4.79 Å². The first-order valence-electron chi connectivity index (χ1n) is 9.72. The second-order valence-corrected chi connectivity index (χ2v) is 8.51. The predicted octanol–water partition coefficient (Wildman–Crippen LogP) is 5.26. The number of para-hydroxylation sites is 1. The number of amides is 2. The lowest BCUT2D eigenvalue weighted by molar-refractivity contribution is 0.208. The molecule has 1 aliphatic rings. The maximum atomic E-state index is 12.7. The van der Waals surface area contributed by atoms with Crippen LogP contribution in [0.5, 0.6) is 0 Å². The smallest absolute Gasteiger partial charge is 0.321 e. The zero-order valence-electron chi connectivity index (χ0n) is 16.1. The van der Waals surface area contributed by atoms with Gasteiger partial charge in [-0.05, 0) is 58.4 Å². The molecular formula is C22H19BrClN5O. The Bertz CT molecular complexity index is 1250.